The van der Waals surface area contributed by atoms with Crippen molar-refractivity contribution < 1.29 is 19.1 Å². The average Bonchev–Trinajstić information content (AvgIpc) is 2.82. The van der Waals surface area contributed by atoms with Crippen LogP contribution in [0, 0.1) is 11.7 Å². The monoisotopic (exact) mass is 338 g/mol. The van der Waals surface area contributed by atoms with Crippen LogP contribution in [0.3, 0.4) is 0 Å². The second kappa shape index (κ2) is 5.53. The Hall–Kier alpha value is -2.08. The van der Waals surface area contributed by atoms with Crippen LogP contribution in [0.2, 0.25) is 5.02 Å². The Labute approximate surface area is 137 Å². The van der Waals surface area contributed by atoms with E-state index in [1.165, 1.54) is 23.1 Å². The van der Waals surface area contributed by atoms with Gasteiger partial charge < -0.3 is 15.7 Å². The molecule has 2 heterocycles. The fourth-order valence-corrected chi connectivity index (χ4v) is 3.70. The summed E-state index contributed by atoms with van der Waals surface area (Å²) >= 11 is 5.82. The lowest BCUT2D eigenvalue weighted by atomic mass is 9.88. The number of nitrogens with two attached hydrogens (primary N) is 1. The fourth-order valence-electron chi connectivity index (χ4n) is 3.54. The molecular weight excluding hydrogens is 323 g/mol. The third kappa shape index (κ3) is 2.47. The van der Waals surface area contributed by atoms with E-state index in [0.29, 0.717) is 18.4 Å². The SMILES string of the molecule is C[C@H]1C[C@@H](C(=O)O)N2C(=O)C=C(c3c(N)ccc(Cl)c3F)CC12. The molecule has 1 amide bonds. The lowest BCUT2D eigenvalue weighted by Gasteiger charge is -2.33. The molecule has 2 aliphatic heterocycles. The molecule has 3 rings (SSSR count). The number of carboxylic acids is 1. The highest BCUT2D eigenvalue weighted by Gasteiger charge is 2.47. The predicted molar refractivity (Wildman–Crippen MR) is 84.3 cm³/mol. The zero-order chi connectivity index (χ0) is 16.9. The molecule has 1 saturated heterocycles. The molecule has 7 heteroatoms. The molecule has 0 aliphatic carbocycles. The van der Waals surface area contributed by atoms with Crippen molar-refractivity contribution in [3.63, 3.8) is 0 Å². The zero-order valence-electron chi connectivity index (χ0n) is 12.4. The van der Waals surface area contributed by atoms with Crippen molar-refractivity contribution in [3.8, 4) is 0 Å². The van der Waals surface area contributed by atoms with Gasteiger partial charge in [-0.25, -0.2) is 9.18 Å². The van der Waals surface area contributed by atoms with E-state index in [9.17, 15) is 19.1 Å². The van der Waals surface area contributed by atoms with Crippen molar-refractivity contribution in [2.75, 3.05) is 5.73 Å². The molecule has 1 aromatic carbocycles. The van der Waals surface area contributed by atoms with Gasteiger partial charge in [-0.1, -0.05) is 18.5 Å². The van der Waals surface area contributed by atoms with Crippen LogP contribution in [0.5, 0.6) is 0 Å². The summed E-state index contributed by atoms with van der Waals surface area (Å²) < 4.78 is 14.3. The first-order valence-electron chi connectivity index (χ1n) is 7.30. The number of anilines is 1. The molecule has 1 fully saturated rings. The van der Waals surface area contributed by atoms with Crippen LogP contribution < -0.4 is 5.73 Å². The van der Waals surface area contributed by atoms with E-state index < -0.39 is 23.7 Å². The predicted octanol–water partition coefficient (Wildman–Crippen LogP) is 2.54. The number of fused-ring (bicyclic) bond motifs is 1. The van der Waals surface area contributed by atoms with Crippen molar-refractivity contribution >= 4 is 34.7 Å². The second-order valence-electron chi connectivity index (χ2n) is 6.08. The highest BCUT2D eigenvalue weighted by Crippen LogP contribution is 2.41. The van der Waals surface area contributed by atoms with Crippen LogP contribution >= 0.6 is 11.6 Å². The molecule has 0 saturated carbocycles. The lowest BCUT2D eigenvalue weighted by molar-refractivity contribution is -0.148. The van der Waals surface area contributed by atoms with Crippen molar-refractivity contribution in [2.45, 2.75) is 31.8 Å². The van der Waals surface area contributed by atoms with Gasteiger partial charge in [-0.05, 0) is 36.5 Å². The van der Waals surface area contributed by atoms with E-state index in [1.807, 2.05) is 6.92 Å². The van der Waals surface area contributed by atoms with Crippen molar-refractivity contribution in [1.82, 2.24) is 4.90 Å². The van der Waals surface area contributed by atoms with Crippen molar-refractivity contribution in [2.24, 2.45) is 5.92 Å². The summed E-state index contributed by atoms with van der Waals surface area (Å²) in [5, 5.41) is 9.22. The average molecular weight is 339 g/mol. The third-order valence-electron chi connectivity index (χ3n) is 4.66. The van der Waals surface area contributed by atoms with Crippen LogP contribution in [0.4, 0.5) is 10.1 Å². The normalized spacial score (nSPS) is 26.9. The van der Waals surface area contributed by atoms with E-state index in [-0.39, 0.29) is 28.2 Å². The van der Waals surface area contributed by atoms with E-state index >= 15 is 0 Å². The maximum atomic E-state index is 14.3. The first kappa shape index (κ1) is 15.8. The molecule has 23 heavy (non-hydrogen) atoms. The standard InChI is InChI=1S/C16H16ClFN2O3/c1-7-4-12(16(22)23)20-11(7)5-8(6-13(20)21)14-10(19)3-2-9(17)15(14)18/h2-3,6-7,11-12H,4-5,19H2,1H3,(H,22,23)/t7-,11?,12-/m0/s1. The van der Waals surface area contributed by atoms with Gasteiger partial charge in [0.05, 0.1) is 5.02 Å². The number of nitrogens with zero attached hydrogens (tertiary/aromatic N) is 1. The number of rotatable bonds is 2. The van der Waals surface area contributed by atoms with Crippen LogP contribution in [0.25, 0.3) is 5.57 Å². The minimum atomic E-state index is -1.02. The molecular formula is C16H16ClFN2O3. The van der Waals surface area contributed by atoms with Crippen LogP contribution in [-0.4, -0.2) is 34.0 Å². The number of nitrogen functional groups attached to an aromatic ring is 1. The van der Waals surface area contributed by atoms with Crippen LogP contribution in [0.15, 0.2) is 18.2 Å². The Balaban J connectivity index is 2.04. The highest BCUT2D eigenvalue weighted by atomic mass is 35.5. The summed E-state index contributed by atoms with van der Waals surface area (Å²) in [5.74, 6) is -2.09. The minimum Gasteiger partial charge on any atom is -0.480 e. The maximum Gasteiger partial charge on any atom is 0.326 e. The molecule has 1 aromatic rings. The summed E-state index contributed by atoms with van der Waals surface area (Å²) in [6.45, 7) is 1.90. The summed E-state index contributed by atoms with van der Waals surface area (Å²) in [7, 11) is 0. The second-order valence-corrected chi connectivity index (χ2v) is 6.49. The van der Waals surface area contributed by atoms with E-state index in [1.54, 1.807) is 0 Å². The molecule has 1 unspecified atom stereocenters. The topological polar surface area (TPSA) is 83.6 Å². The summed E-state index contributed by atoms with van der Waals surface area (Å²) in [6.07, 6.45) is 2.02. The van der Waals surface area contributed by atoms with Crippen molar-refractivity contribution in [3.05, 3.63) is 34.6 Å². The van der Waals surface area contributed by atoms with E-state index in [2.05, 4.69) is 0 Å². The van der Waals surface area contributed by atoms with Gasteiger partial charge in [0.15, 0.2) is 5.82 Å². The molecule has 0 spiro atoms. The molecule has 2 aliphatic rings. The van der Waals surface area contributed by atoms with Gasteiger partial charge in [0.1, 0.15) is 6.04 Å². The summed E-state index contributed by atoms with van der Waals surface area (Å²) in [6, 6.07) is 1.76. The highest BCUT2D eigenvalue weighted by molar-refractivity contribution is 6.31. The molecule has 3 atom stereocenters. The molecule has 5 nitrogen and oxygen atoms in total. The number of carboxylic acid groups (broad SMARTS) is 1. The van der Waals surface area contributed by atoms with Gasteiger partial charge in [0.2, 0.25) is 5.91 Å². The molecule has 3 N–H and O–H groups in total. The van der Waals surface area contributed by atoms with Crippen molar-refractivity contribution in [1.29, 1.82) is 0 Å². The minimum absolute atomic E-state index is 0.00669. The van der Waals surface area contributed by atoms with Gasteiger partial charge in [0, 0.05) is 23.4 Å². The number of benzene rings is 1. The van der Waals surface area contributed by atoms with Gasteiger partial charge in [0.25, 0.3) is 0 Å². The van der Waals surface area contributed by atoms with E-state index in [0.717, 1.165) is 0 Å². The number of hydrogen-bond acceptors (Lipinski definition) is 3. The number of carbonyl (C=O) groups excluding carboxylic acids is 1. The van der Waals surface area contributed by atoms with Gasteiger partial charge in [-0.15, -0.1) is 0 Å². The first-order valence-corrected chi connectivity index (χ1v) is 7.68. The Morgan fingerprint density at radius 3 is 2.83 bits per heavy atom. The van der Waals surface area contributed by atoms with Crippen LogP contribution in [0.1, 0.15) is 25.3 Å². The van der Waals surface area contributed by atoms with Gasteiger partial charge in [-0.3, -0.25) is 4.79 Å². The smallest absolute Gasteiger partial charge is 0.326 e. The van der Waals surface area contributed by atoms with Crippen LogP contribution in [-0.2, 0) is 9.59 Å². The largest absolute Gasteiger partial charge is 0.480 e. The number of hydrogen-bond donors (Lipinski definition) is 2. The molecule has 0 bridgehead atoms. The number of carbonyl (C=O) groups is 2. The van der Waals surface area contributed by atoms with E-state index in [4.69, 9.17) is 17.3 Å². The maximum absolute atomic E-state index is 14.3. The molecule has 0 aromatic heterocycles. The Kier molecular flexibility index (Phi) is 3.80. The number of amides is 1. The zero-order valence-corrected chi connectivity index (χ0v) is 13.2. The molecule has 0 radical (unpaired) electrons. The first-order chi connectivity index (χ1) is 10.8. The summed E-state index contributed by atoms with van der Waals surface area (Å²) in [5.41, 5.74) is 6.66. The third-order valence-corrected chi connectivity index (χ3v) is 4.95. The Morgan fingerprint density at radius 1 is 1.48 bits per heavy atom. The molecule has 122 valence electrons. The Morgan fingerprint density at radius 2 is 2.17 bits per heavy atom. The fraction of sp³-hybridized carbons (Fsp3) is 0.375. The Bertz CT molecular complexity index is 734. The summed E-state index contributed by atoms with van der Waals surface area (Å²) in [4.78, 5) is 25.1. The quantitative estimate of drug-likeness (QED) is 0.812. The number of halogens is 2. The van der Waals surface area contributed by atoms with Gasteiger partial charge in [-0.2, -0.15) is 0 Å². The van der Waals surface area contributed by atoms with Gasteiger partial charge >= 0.3 is 5.97 Å². The number of aliphatic carboxylic acids is 1. The lowest BCUT2D eigenvalue weighted by Crippen LogP contribution is -2.46.